The highest BCUT2D eigenvalue weighted by molar-refractivity contribution is 7.99. The number of benzene rings is 1. The minimum atomic E-state index is 0.595. The molecule has 3 rings (SSSR count). The molecule has 0 unspecified atom stereocenters. The highest BCUT2D eigenvalue weighted by Gasteiger charge is 2.13. The highest BCUT2D eigenvalue weighted by Crippen LogP contribution is 2.34. The van der Waals surface area contributed by atoms with Crippen LogP contribution in [0.4, 0.5) is 5.95 Å². The van der Waals surface area contributed by atoms with Crippen molar-refractivity contribution >= 4 is 29.3 Å². The molecule has 1 aromatic heterocycles. The molecule has 20 heavy (non-hydrogen) atoms. The monoisotopic (exact) mass is 305 g/mol. The Labute approximate surface area is 128 Å². The van der Waals surface area contributed by atoms with Crippen LogP contribution in [0.2, 0.25) is 5.02 Å². The second-order valence-electron chi connectivity index (χ2n) is 4.76. The largest absolute Gasteiger partial charge is 0.354 e. The van der Waals surface area contributed by atoms with Gasteiger partial charge < -0.3 is 5.32 Å². The fraction of sp³-hybridized carbons (Fsp3) is 0.333. The average Bonchev–Trinajstić information content (AvgIpc) is 2.90. The molecule has 1 heterocycles. The molecule has 1 aromatic carbocycles. The van der Waals surface area contributed by atoms with Crippen LogP contribution < -0.4 is 5.32 Å². The Hall–Kier alpha value is -1.26. The molecule has 0 saturated heterocycles. The third-order valence-corrected chi connectivity index (χ3v) is 4.71. The molecule has 1 aliphatic rings. The molecule has 1 aliphatic carbocycles. The van der Waals surface area contributed by atoms with Gasteiger partial charge in [-0.05, 0) is 49.4 Å². The van der Waals surface area contributed by atoms with Gasteiger partial charge in [0.05, 0.1) is 11.2 Å². The minimum absolute atomic E-state index is 0.595. The predicted molar refractivity (Wildman–Crippen MR) is 83.8 cm³/mol. The van der Waals surface area contributed by atoms with Crippen molar-refractivity contribution in [3.05, 3.63) is 40.5 Å². The van der Waals surface area contributed by atoms with E-state index in [1.807, 2.05) is 6.92 Å². The van der Waals surface area contributed by atoms with E-state index in [9.17, 15) is 0 Å². The first-order valence-electron chi connectivity index (χ1n) is 6.82. The molecule has 5 heteroatoms. The number of fused-ring (bicyclic) bond motifs is 1. The van der Waals surface area contributed by atoms with E-state index < -0.39 is 0 Å². The van der Waals surface area contributed by atoms with E-state index in [0.29, 0.717) is 11.0 Å². The van der Waals surface area contributed by atoms with Crippen molar-refractivity contribution in [3.63, 3.8) is 0 Å². The summed E-state index contributed by atoms with van der Waals surface area (Å²) in [6.07, 6.45) is 5.31. The molecular weight excluding hydrogens is 290 g/mol. The van der Waals surface area contributed by atoms with E-state index in [1.165, 1.54) is 35.3 Å². The Morgan fingerprint density at radius 1 is 1.30 bits per heavy atom. The fourth-order valence-corrected chi connectivity index (χ4v) is 3.44. The summed E-state index contributed by atoms with van der Waals surface area (Å²) in [5.41, 5.74) is 2.95. The van der Waals surface area contributed by atoms with Crippen LogP contribution in [0.15, 0.2) is 34.3 Å². The van der Waals surface area contributed by atoms with E-state index in [2.05, 4.69) is 33.5 Å². The number of nitrogens with one attached hydrogen (secondary N) is 1. The molecule has 0 fully saturated rings. The van der Waals surface area contributed by atoms with Crippen molar-refractivity contribution in [2.75, 3.05) is 11.9 Å². The molecule has 0 spiro atoms. The Morgan fingerprint density at radius 3 is 3.00 bits per heavy atom. The molecule has 0 saturated carbocycles. The highest BCUT2D eigenvalue weighted by atomic mass is 35.5. The van der Waals surface area contributed by atoms with Crippen LogP contribution in [-0.2, 0) is 12.8 Å². The minimum Gasteiger partial charge on any atom is -0.354 e. The number of nitrogens with zero attached hydrogens (tertiary/aromatic N) is 2. The van der Waals surface area contributed by atoms with Crippen molar-refractivity contribution in [3.8, 4) is 0 Å². The number of anilines is 1. The SMILES string of the molecule is CCNc1ncc(Cl)c(Sc2ccc3c(c2)CCC3)n1. The first-order chi connectivity index (χ1) is 9.76. The van der Waals surface area contributed by atoms with Crippen molar-refractivity contribution in [2.24, 2.45) is 0 Å². The van der Waals surface area contributed by atoms with Crippen LogP contribution in [-0.4, -0.2) is 16.5 Å². The zero-order valence-corrected chi connectivity index (χ0v) is 12.9. The summed E-state index contributed by atoms with van der Waals surface area (Å²) in [6, 6.07) is 6.64. The first-order valence-corrected chi connectivity index (χ1v) is 8.02. The van der Waals surface area contributed by atoms with Crippen LogP contribution in [0, 0.1) is 0 Å². The molecule has 2 aromatic rings. The van der Waals surface area contributed by atoms with Gasteiger partial charge in [-0.2, -0.15) is 0 Å². The summed E-state index contributed by atoms with van der Waals surface area (Å²) in [6.45, 7) is 2.82. The van der Waals surface area contributed by atoms with Gasteiger partial charge in [0.15, 0.2) is 0 Å². The van der Waals surface area contributed by atoms with Gasteiger partial charge >= 0.3 is 0 Å². The fourth-order valence-electron chi connectivity index (χ4n) is 2.39. The standard InChI is InChI=1S/C15H16ClN3S/c1-2-17-15-18-9-13(16)14(19-15)20-12-7-6-10-4-3-5-11(10)8-12/h6-9H,2-5H2,1H3,(H,17,18,19). The van der Waals surface area contributed by atoms with Gasteiger partial charge in [-0.25, -0.2) is 9.97 Å². The molecule has 1 N–H and O–H groups in total. The van der Waals surface area contributed by atoms with Gasteiger partial charge in [0.25, 0.3) is 0 Å². The summed E-state index contributed by atoms with van der Waals surface area (Å²) in [4.78, 5) is 9.81. The van der Waals surface area contributed by atoms with Crippen LogP contribution >= 0.6 is 23.4 Å². The lowest BCUT2D eigenvalue weighted by atomic mass is 10.1. The maximum atomic E-state index is 6.19. The van der Waals surface area contributed by atoms with Crippen LogP contribution in [0.1, 0.15) is 24.5 Å². The zero-order valence-electron chi connectivity index (χ0n) is 11.3. The van der Waals surface area contributed by atoms with Crippen molar-refractivity contribution in [2.45, 2.75) is 36.1 Å². The third kappa shape index (κ3) is 2.91. The lowest BCUT2D eigenvalue weighted by Crippen LogP contribution is -2.02. The van der Waals surface area contributed by atoms with Crippen molar-refractivity contribution < 1.29 is 0 Å². The molecule has 0 radical (unpaired) electrons. The second kappa shape index (κ2) is 6.02. The quantitative estimate of drug-likeness (QED) is 0.859. The normalized spacial score (nSPS) is 13.3. The van der Waals surface area contributed by atoms with Crippen molar-refractivity contribution in [1.29, 1.82) is 0 Å². The van der Waals surface area contributed by atoms with E-state index >= 15 is 0 Å². The molecular formula is C15H16ClN3S. The zero-order chi connectivity index (χ0) is 13.9. The van der Waals surface area contributed by atoms with Crippen molar-refractivity contribution in [1.82, 2.24) is 9.97 Å². The number of hydrogen-bond acceptors (Lipinski definition) is 4. The third-order valence-electron chi connectivity index (χ3n) is 3.33. The van der Waals surface area contributed by atoms with E-state index in [1.54, 1.807) is 18.0 Å². The number of rotatable bonds is 4. The maximum Gasteiger partial charge on any atom is 0.223 e. The lowest BCUT2D eigenvalue weighted by Gasteiger charge is -2.07. The molecule has 3 nitrogen and oxygen atoms in total. The maximum absolute atomic E-state index is 6.19. The number of halogens is 1. The van der Waals surface area contributed by atoms with E-state index in [0.717, 1.165) is 11.6 Å². The lowest BCUT2D eigenvalue weighted by molar-refractivity contribution is 0.911. The van der Waals surface area contributed by atoms with Gasteiger partial charge in [-0.3, -0.25) is 0 Å². The average molecular weight is 306 g/mol. The Kier molecular flexibility index (Phi) is 4.13. The first kappa shape index (κ1) is 13.7. The van der Waals surface area contributed by atoms with Gasteiger partial charge in [0.1, 0.15) is 5.03 Å². The predicted octanol–water partition coefficient (Wildman–Crippen LogP) is 4.20. The molecule has 104 valence electrons. The topological polar surface area (TPSA) is 37.8 Å². The second-order valence-corrected chi connectivity index (χ2v) is 6.23. The van der Waals surface area contributed by atoms with Gasteiger partial charge in [0, 0.05) is 11.4 Å². The van der Waals surface area contributed by atoms with Crippen LogP contribution in [0.25, 0.3) is 0 Å². The van der Waals surface area contributed by atoms with E-state index in [-0.39, 0.29) is 0 Å². The van der Waals surface area contributed by atoms with Gasteiger partial charge in [0.2, 0.25) is 5.95 Å². The molecule has 0 aliphatic heterocycles. The van der Waals surface area contributed by atoms with Gasteiger partial charge in [-0.1, -0.05) is 29.4 Å². The molecule has 0 amide bonds. The summed E-state index contributed by atoms with van der Waals surface area (Å²) in [5, 5.41) is 4.50. The molecule has 0 atom stereocenters. The smallest absolute Gasteiger partial charge is 0.223 e. The Morgan fingerprint density at radius 2 is 2.15 bits per heavy atom. The summed E-state index contributed by atoms with van der Waals surface area (Å²) < 4.78 is 0. The summed E-state index contributed by atoms with van der Waals surface area (Å²) in [5.74, 6) is 0.626. The summed E-state index contributed by atoms with van der Waals surface area (Å²) >= 11 is 7.79. The van der Waals surface area contributed by atoms with Crippen LogP contribution in [0.5, 0.6) is 0 Å². The van der Waals surface area contributed by atoms with Crippen LogP contribution in [0.3, 0.4) is 0 Å². The van der Waals surface area contributed by atoms with Gasteiger partial charge in [-0.15, -0.1) is 0 Å². The Bertz CT molecular complexity index is 631. The number of hydrogen-bond donors (Lipinski definition) is 1. The number of aromatic nitrogens is 2. The Balaban J connectivity index is 1.85. The summed E-state index contributed by atoms with van der Waals surface area (Å²) in [7, 11) is 0. The van der Waals surface area contributed by atoms with E-state index in [4.69, 9.17) is 11.6 Å². The molecule has 0 bridgehead atoms. The number of aryl methyl sites for hydroxylation is 2.